The maximum atomic E-state index is 13.5. The van der Waals surface area contributed by atoms with E-state index in [4.69, 9.17) is 4.74 Å². The van der Waals surface area contributed by atoms with Crippen molar-refractivity contribution in [3.8, 4) is 11.5 Å². The summed E-state index contributed by atoms with van der Waals surface area (Å²) in [5.41, 5.74) is 2.24. The Morgan fingerprint density at radius 3 is 2.00 bits per heavy atom. The summed E-state index contributed by atoms with van der Waals surface area (Å²) in [7, 11) is 0. The molecular formula is C14H11F4NO. The lowest BCUT2D eigenvalue weighted by Gasteiger charge is -2.13. The van der Waals surface area contributed by atoms with E-state index in [2.05, 4.69) is 4.98 Å². The lowest BCUT2D eigenvalue weighted by molar-refractivity contribution is 0.342. The Morgan fingerprint density at radius 2 is 1.45 bits per heavy atom. The molecule has 0 spiro atoms. The van der Waals surface area contributed by atoms with Gasteiger partial charge in [-0.1, -0.05) is 6.07 Å². The minimum atomic E-state index is -1.75. The van der Waals surface area contributed by atoms with Gasteiger partial charge in [-0.15, -0.1) is 0 Å². The molecule has 106 valence electrons. The Morgan fingerprint density at radius 1 is 0.900 bits per heavy atom. The highest BCUT2D eigenvalue weighted by atomic mass is 19.2. The number of rotatable bonds is 2. The topological polar surface area (TPSA) is 22.1 Å². The fourth-order valence-electron chi connectivity index (χ4n) is 1.77. The Balaban J connectivity index is 2.56. The molecule has 2 aromatic rings. The molecule has 0 saturated carbocycles. The number of benzene rings is 1. The third-order valence-electron chi connectivity index (χ3n) is 2.93. The SMILES string of the molecule is Cc1cc(C)c(C)c(Oc2c(F)c(F)nc(F)c2F)c1. The molecule has 0 bridgehead atoms. The molecule has 0 radical (unpaired) electrons. The lowest BCUT2D eigenvalue weighted by atomic mass is 10.1. The van der Waals surface area contributed by atoms with Gasteiger partial charge in [0, 0.05) is 0 Å². The van der Waals surface area contributed by atoms with Gasteiger partial charge in [-0.05, 0) is 43.5 Å². The van der Waals surface area contributed by atoms with Crippen molar-refractivity contribution in [2.45, 2.75) is 20.8 Å². The van der Waals surface area contributed by atoms with E-state index in [0.717, 1.165) is 11.1 Å². The van der Waals surface area contributed by atoms with E-state index < -0.39 is 29.3 Å². The number of halogens is 4. The minimum absolute atomic E-state index is 0.130. The number of aryl methyl sites for hydroxylation is 2. The number of ether oxygens (including phenoxy) is 1. The normalized spacial score (nSPS) is 10.8. The summed E-state index contributed by atoms with van der Waals surface area (Å²) in [5.74, 6) is -7.83. The molecular weight excluding hydrogens is 274 g/mol. The van der Waals surface area contributed by atoms with Crippen LogP contribution < -0.4 is 4.74 Å². The van der Waals surface area contributed by atoms with E-state index in [9.17, 15) is 17.6 Å². The molecule has 0 aliphatic rings. The fraction of sp³-hybridized carbons (Fsp3) is 0.214. The molecule has 1 aromatic heterocycles. The molecule has 0 fully saturated rings. The molecule has 1 aromatic carbocycles. The minimum Gasteiger partial charge on any atom is -0.451 e. The second-order valence-electron chi connectivity index (χ2n) is 4.46. The number of aromatic nitrogens is 1. The molecule has 0 unspecified atom stereocenters. The second kappa shape index (κ2) is 5.11. The number of pyridine rings is 1. The van der Waals surface area contributed by atoms with E-state index in [0.29, 0.717) is 5.56 Å². The maximum absolute atomic E-state index is 13.5. The van der Waals surface area contributed by atoms with Crippen molar-refractivity contribution in [2.75, 3.05) is 0 Å². The Kier molecular flexibility index (Phi) is 3.65. The van der Waals surface area contributed by atoms with Crippen molar-refractivity contribution in [3.05, 3.63) is 52.4 Å². The standard InChI is InChI=1S/C14H11F4NO/c1-6-4-7(2)8(3)9(5-6)20-12-10(15)13(17)19-14(18)11(12)16/h4-5H,1-3H3. The Hall–Kier alpha value is -2.11. The smallest absolute Gasteiger partial charge is 0.255 e. The van der Waals surface area contributed by atoms with Crippen LogP contribution in [0, 0.1) is 44.3 Å². The average Bonchev–Trinajstić information content (AvgIpc) is 2.37. The summed E-state index contributed by atoms with van der Waals surface area (Å²) in [4.78, 5) is 2.47. The maximum Gasteiger partial charge on any atom is 0.255 e. The zero-order valence-corrected chi connectivity index (χ0v) is 11.0. The van der Waals surface area contributed by atoms with E-state index in [1.807, 2.05) is 6.07 Å². The molecule has 0 atom stereocenters. The van der Waals surface area contributed by atoms with E-state index in [-0.39, 0.29) is 5.75 Å². The van der Waals surface area contributed by atoms with Gasteiger partial charge in [0.25, 0.3) is 11.9 Å². The predicted molar refractivity (Wildman–Crippen MR) is 64.8 cm³/mol. The third-order valence-corrected chi connectivity index (χ3v) is 2.93. The molecule has 0 aliphatic heterocycles. The first kappa shape index (κ1) is 14.3. The average molecular weight is 285 g/mol. The largest absolute Gasteiger partial charge is 0.451 e. The predicted octanol–water partition coefficient (Wildman–Crippen LogP) is 4.36. The van der Waals surface area contributed by atoms with Crippen molar-refractivity contribution in [2.24, 2.45) is 0 Å². The van der Waals surface area contributed by atoms with Gasteiger partial charge in [-0.25, -0.2) is 0 Å². The summed E-state index contributed by atoms with van der Waals surface area (Å²) in [6.07, 6.45) is 0. The van der Waals surface area contributed by atoms with Crippen LogP contribution >= 0.6 is 0 Å². The van der Waals surface area contributed by atoms with Crippen LogP contribution in [-0.4, -0.2) is 4.98 Å². The van der Waals surface area contributed by atoms with Gasteiger partial charge in [-0.2, -0.15) is 22.5 Å². The van der Waals surface area contributed by atoms with Crippen molar-refractivity contribution in [1.29, 1.82) is 0 Å². The van der Waals surface area contributed by atoms with E-state index in [1.54, 1.807) is 20.8 Å². The van der Waals surface area contributed by atoms with Crippen LogP contribution in [-0.2, 0) is 0 Å². The first-order valence-electron chi connectivity index (χ1n) is 5.77. The van der Waals surface area contributed by atoms with Crippen LogP contribution in [0.5, 0.6) is 11.5 Å². The molecule has 2 nitrogen and oxygen atoms in total. The van der Waals surface area contributed by atoms with Gasteiger partial charge < -0.3 is 4.74 Å². The van der Waals surface area contributed by atoms with Crippen LogP contribution in [0.2, 0.25) is 0 Å². The lowest BCUT2D eigenvalue weighted by Crippen LogP contribution is -2.04. The first-order valence-corrected chi connectivity index (χ1v) is 5.77. The van der Waals surface area contributed by atoms with Crippen molar-refractivity contribution in [3.63, 3.8) is 0 Å². The van der Waals surface area contributed by atoms with Crippen molar-refractivity contribution >= 4 is 0 Å². The molecule has 6 heteroatoms. The Labute approximate surface area is 113 Å². The highest BCUT2D eigenvalue weighted by molar-refractivity contribution is 5.44. The summed E-state index contributed by atoms with van der Waals surface area (Å²) in [6.45, 7) is 5.23. The van der Waals surface area contributed by atoms with E-state index >= 15 is 0 Å². The van der Waals surface area contributed by atoms with Crippen LogP contribution in [0.15, 0.2) is 12.1 Å². The van der Waals surface area contributed by atoms with Gasteiger partial charge in [0.1, 0.15) is 5.75 Å². The second-order valence-corrected chi connectivity index (χ2v) is 4.46. The van der Waals surface area contributed by atoms with Crippen molar-refractivity contribution < 1.29 is 22.3 Å². The fourth-order valence-corrected chi connectivity index (χ4v) is 1.77. The van der Waals surface area contributed by atoms with Crippen LogP contribution in [0.25, 0.3) is 0 Å². The van der Waals surface area contributed by atoms with Crippen LogP contribution in [0.3, 0.4) is 0 Å². The van der Waals surface area contributed by atoms with Gasteiger partial charge in [0.05, 0.1) is 0 Å². The highest BCUT2D eigenvalue weighted by Crippen LogP contribution is 2.33. The molecule has 2 rings (SSSR count). The summed E-state index contributed by atoms with van der Waals surface area (Å²) >= 11 is 0. The van der Waals surface area contributed by atoms with Gasteiger partial charge >= 0.3 is 0 Å². The van der Waals surface area contributed by atoms with Gasteiger partial charge in [0.15, 0.2) is 0 Å². The number of nitrogens with zero attached hydrogens (tertiary/aromatic N) is 1. The van der Waals surface area contributed by atoms with Crippen LogP contribution in [0.1, 0.15) is 16.7 Å². The van der Waals surface area contributed by atoms with Crippen LogP contribution in [0.4, 0.5) is 17.6 Å². The first-order chi connectivity index (χ1) is 9.31. The zero-order chi connectivity index (χ0) is 15.0. The quantitative estimate of drug-likeness (QED) is 0.604. The van der Waals surface area contributed by atoms with Gasteiger partial charge in [-0.3, -0.25) is 0 Å². The molecule has 0 amide bonds. The molecule has 0 N–H and O–H groups in total. The molecule has 0 aliphatic carbocycles. The third kappa shape index (κ3) is 2.45. The van der Waals surface area contributed by atoms with Crippen molar-refractivity contribution in [1.82, 2.24) is 4.98 Å². The number of hydrogen-bond acceptors (Lipinski definition) is 2. The molecule has 1 heterocycles. The highest BCUT2D eigenvalue weighted by Gasteiger charge is 2.23. The molecule has 20 heavy (non-hydrogen) atoms. The summed E-state index contributed by atoms with van der Waals surface area (Å²) in [6, 6.07) is 3.38. The number of hydrogen-bond donors (Lipinski definition) is 0. The van der Waals surface area contributed by atoms with E-state index in [1.165, 1.54) is 6.07 Å². The monoisotopic (exact) mass is 285 g/mol. The summed E-state index contributed by atoms with van der Waals surface area (Å²) < 4.78 is 58.0. The van der Waals surface area contributed by atoms with Gasteiger partial charge in [0.2, 0.25) is 17.4 Å². The molecule has 0 saturated heterocycles. The summed E-state index contributed by atoms with van der Waals surface area (Å²) in [5, 5.41) is 0. The Bertz CT molecular complexity index is 659. The zero-order valence-electron chi connectivity index (χ0n) is 11.0.